The first-order valence-corrected chi connectivity index (χ1v) is 13.8. The topological polar surface area (TPSA) is 64.2 Å². The van der Waals surface area contributed by atoms with Crippen LogP contribution in [0.3, 0.4) is 0 Å². The van der Waals surface area contributed by atoms with Gasteiger partial charge in [0, 0.05) is 63.7 Å². The van der Waals surface area contributed by atoms with Crippen molar-refractivity contribution < 1.29 is 45.1 Å². The van der Waals surface area contributed by atoms with Crippen LogP contribution in [-0.2, 0) is 21.9 Å². The van der Waals surface area contributed by atoms with Gasteiger partial charge in [0.15, 0.2) is 0 Å². The Morgan fingerprint density at radius 3 is 1.91 bits per heavy atom. The minimum absolute atomic E-state index is 0.00216. The average Bonchev–Trinajstić information content (AvgIpc) is 3.55. The highest BCUT2D eigenvalue weighted by molar-refractivity contribution is 5.95. The van der Waals surface area contributed by atoms with Crippen molar-refractivity contribution in [3.05, 3.63) is 65.0 Å². The summed E-state index contributed by atoms with van der Waals surface area (Å²) >= 11 is 0. The van der Waals surface area contributed by atoms with E-state index in [1.54, 1.807) is 9.80 Å². The number of hydrogen-bond acceptors (Lipinski definition) is 3. The van der Waals surface area contributed by atoms with E-state index in [-0.39, 0.29) is 50.0 Å². The average molecular weight is 615 g/mol. The Bertz CT molecular complexity index is 1360. The fraction of sp³-hybridized carbons (Fsp3) is 0.483. The number of benzene rings is 2. The molecule has 2 aromatic carbocycles. The van der Waals surface area contributed by atoms with Gasteiger partial charge in [-0.3, -0.25) is 14.5 Å². The molecule has 0 bridgehead atoms. The van der Waals surface area contributed by atoms with Gasteiger partial charge >= 0.3 is 18.4 Å². The van der Waals surface area contributed by atoms with Gasteiger partial charge in [-0.2, -0.15) is 26.3 Å². The van der Waals surface area contributed by atoms with Crippen molar-refractivity contribution in [1.29, 1.82) is 0 Å². The number of piperidine rings is 1. The van der Waals surface area contributed by atoms with Gasteiger partial charge in [-0.15, -0.1) is 0 Å². The van der Waals surface area contributed by atoms with Crippen molar-refractivity contribution in [3.8, 4) is 0 Å². The smallest absolute Gasteiger partial charge is 0.343 e. The molecule has 3 fully saturated rings. The molecule has 0 aromatic heterocycles. The third-order valence-corrected chi connectivity index (χ3v) is 8.51. The first kappa shape index (κ1) is 30.6. The normalized spacial score (nSPS) is 22.1. The summed E-state index contributed by atoms with van der Waals surface area (Å²) in [5.41, 5.74) is -2.95. The van der Waals surface area contributed by atoms with E-state index in [1.165, 1.54) is 36.1 Å². The number of rotatable bonds is 4. The molecule has 232 valence electrons. The summed E-state index contributed by atoms with van der Waals surface area (Å²) in [5, 5.41) is 0. The van der Waals surface area contributed by atoms with Crippen LogP contribution >= 0.6 is 0 Å². The number of nitrogens with zero attached hydrogens (tertiary/aromatic N) is 4. The molecule has 5 rings (SSSR count). The molecule has 0 unspecified atom stereocenters. The quantitative estimate of drug-likeness (QED) is 0.436. The van der Waals surface area contributed by atoms with Crippen LogP contribution in [0, 0.1) is 11.7 Å². The second-order valence-electron chi connectivity index (χ2n) is 11.1. The van der Waals surface area contributed by atoms with E-state index in [2.05, 4.69) is 0 Å². The van der Waals surface area contributed by atoms with E-state index >= 15 is 0 Å². The summed E-state index contributed by atoms with van der Waals surface area (Å²) < 4.78 is 94.6. The molecule has 2 aromatic rings. The van der Waals surface area contributed by atoms with Gasteiger partial charge in [-0.05, 0) is 48.7 Å². The number of urea groups is 1. The minimum atomic E-state index is -5.07. The Morgan fingerprint density at radius 1 is 0.791 bits per heavy atom. The zero-order valence-electron chi connectivity index (χ0n) is 23.1. The summed E-state index contributed by atoms with van der Waals surface area (Å²) in [6.45, 7) is 2.43. The third-order valence-electron chi connectivity index (χ3n) is 8.51. The second-order valence-corrected chi connectivity index (χ2v) is 11.1. The fourth-order valence-corrected chi connectivity index (χ4v) is 6.22. The molecule has 0 saturated carbocycles. The largest absolute Gasteiger partial charge is 0.416 e. The Kier molecular flexibility index (Phi) is 8.07. The first-order chi connectivity index (χ1) is 20.1. The van der Waals surface area contributed by atoms with Gasteiger partial charge in [0.2, 0.25) is 11.8 Å². The number of hydrogen-bond donors (Lipinski definition) is 0. The molecule has 0 N–H and O–H groups in total. The van der Waals surface area contributed by atoms with Crippen LogP contribution in [0.2, 0.25) is 0 Å². The van der Waals surface area contributed by atoms with Crippen LogP contribution in [-0.4, -0.2) is 77.9 Å². The lowest BCUT2D eigenvalue weighted by Gasteiger charge is -2.33. The van der Waals surface area contributed by atoms with Crippen molar-refractivity contribution in [2.24, 2.45) is 5.92 Å². The van der Waals surface area contributed by atoms with Crippen molar-refractivity contribution in [2.45, 2.75) is 44.1 Å². The van der Waals surface area contributed by atoms with Crippen molar-refractivity contribution >= 4 is 23.5 Å². The van der Waals surface area contributed by atoms with Crippen LogP contribution in [0.4, 0.5) is 41.2 Å². The maximum Gasteiger partial charge on any atom is 0.416 e. The van der Waals surface area contributed by atoms with Gasteiger partial charge in [0.1, 0.15) is 5.82 Å². The molecule has 3 saturated heterocycles. The number of amides is 4. The molecule has 0 aliphatic carbocycles. The lowest BCUT2D eigenvalue weighted by molar-refractivity contribution is -0.143. The molecule has 4 amide bonds. The maximum absolute atomic E-state index is 13.7. The van der Waals surface area contributed by atoms with E-state index < -0.39 is 53.0 Å². The predicted molar refractivity (Wildman–Crippen MR) is 140 cm³/mol. The molecule has 7 nitrogen and oxygen atoms in total. The summed E-state index contributed by atoms with van der Waals surface area (Å²) in [7, 11) is 0. The highest BCUT2D eigenvalue weighted by atomic mass is 19.4. The van der Waals surface area contributed by atoms with Crippen LogP contribution in [0.15, 0.2) is 42.5 Å². The number of carbonyl (C=O) groups excluding carboxylic acids is 3. The van der Waals surface area contributed by atoms with E-state index in [4.69, 9.17) is 0 Å². The van der Waals surface area contributed by atoms with Crippen LogP contribution < -0.4 is 4.90 Å². The van der Waals surface area contributed by atoms with Crippen LogP contribution in [0.1, 0.15) is 42.4 Å². The van der Waals surface area contributed by atoms with Gasteiger partial charge in [0.25, 0.3) is 0 Å². The van der Waals surface area contributed by atoms with Gasteiger partial charge in [-0.1, -0.05) is 12.1 Å². The molecule has 0 spiro atoms. The maximum atomic E-state index is 13.7. The highest BCUT2D eigenvalue weighted by Crippen LogP contribution is 2.40. The third kappa shape index (κ3) is 6.28. The number of anilines is 1. The van der Waals surface area contributed by atoms with Crippen molar-refractivity contribution in [3.63, 3.8) is 0 Å². The molecule has 43 heavy (non-hydrogen) atoms. The lowest BCUT2D eigenvalue weighted by Crippen LogP contribution is -2.45. The molecule has 14 heteroatoms. The summed E-state index contributed by atoms with van der Waals surface area (Å²) in [5.74, 6) is -1.55. The monoisotopic (exact) mass is 614 g/mol. The van der Waals surface area contributed by atoms with Crippen molar-refractivity contribution in [1.82, 2.24) is 14.7 Å². The van der Waals surface area contributed by atoms with Gasteiger partial charge < -0.3 is 14.7 Å². The van der Waals surface area contributed by atoms with Gasteiger partial charge in [-0.25, -0.2) is 9.18 Å². The van der Waals surface area contributed by atoms with Crippen molar-refractivity contribution in [2.75, 3.05) is 44.2 Å². The Balaban J connectivity index is 1.41. The molecular weight excluding hydrogens is 585 g/mol. The molecule has 0 radical (unpaired) electrons. The number of halogens is 7. The Hall–Kier alpha value is -3.84. The predicted octanol–water partition coefficient (Wildman–Crippen LogP) is 5.36. The van der Waals surface area contributed by atoms with E-state index in [0.29, 0.717) is 43.6 Å². The summed E-state index contributed by atoms with van der Waals surface area (Å²) in [6.07, 6.45) is -9.21. The van der Waals surface area contributed by atoms with Crippen LogP contribution in [0.5, 0.6) is 0 Å². The highest BCUT2D eigenvalue weighted by Gasteiger charge is 2.47. The first-order valence-electron chi connectivity index (χ1n) is 13.8. The molecule has 3 aliphatic rings. The van der Waals surface area contributed by atoms with Gasteiger partial charge in [0.05, 0.1) is 17.2 Å². The minimum Gasteiger partial charge on any atom is -0.343 e. The molecule has 2 atom stereocenters. The standard InChI is InChI=1S/C29H29F7N4O3/c1-17(41)37-8-6-19(7-9-37)26(42)38-15-24(18-2-4-22(30)5-3-18)25(16-38)40-11-10-39(27(40)43)23-13-20(28(31,32)33)12-21(14-23)29(34,35)36/h2-5,12-14,19,24-25H,6-11,15-16H2,1H3/t24-,25+/m0/s1. The van der Waals surface area contributed by atoms with E-state index in [0.717, 1.165) is 4.90 Å². The second kappa shape index (κ2) is 11.3. The number of carbonyl (C=O) groups is 3. The van der Waals surface area contributed by atoms with E-state index in [1.807, 2.05) is 0 Å². The van der Waals surface area contributed by atoms with Crippen LogP contribution in [0.25, 0.3) is 0 Å². The lowest BCUT2D eigenvalue weighted by atomic mass is 9.93. The Morgan fingerprint density at radius 2 is 1.37 bits per heavy atom. The zero-order chi connectivity index (χ0) is 31.3. The number of alkyl halides is 6. The molecule has 3 heterocycles. The van der Waals surface area contributed by atoms with E-state index in [9.17, 15) is 45.1 Å². The summed E-state index contributed by atoms with van der Waals surface area (Å²) in [6, 6.07) is 5.17. The zero-order valence-corrected chi connectivity index (χ0v) is 23.1. The molecular formula is C29H29F7N4O3. The SMILES string of the molecule is CC(=O)N1CCC(C(=O)N2C[C@@H](N3CCN(c4cc(C(F)(F)F)cc(C(F)(F)F)c4)C3=O)[C@H](c3ccc(F)cc3)C2)CC1. The number of likely N-dealkylation sites (tertiary alicyclic amines) is 2. The Labute approximate surface area is 242 Å². The fourth-order valence-electron chi connectivity index (χ4n) is 6.22. The summed E-state index contributed by atoms with van der Waals surface area (Å²) in [4.78, 5) is 44.4. The molecule has 3 aliphatic heterocycles.